The summed E-state index contributed by atoms with van der Waals surface area (Å²) in [7, 11) is 0. The summed E-state index contributed by atoms with van der Waals surface area (Å²) in [5.41, 5.74) is 0.464. The minimum absolute atomic E-state index is 0.0416. The molecule has 0 aromatic heterocycles. The zero-order valence-electron chi connectivity index (χ0n) is 13.9. The molecule has 1 aliphatic heterocycles. The second kappa shape index (κ2) is 7.51. The Labute approximate surface area is 148 Å². The van der Waals surface area contributed by atoms with E-state index in [0.717, 1.165) is 31.0 Å². The van der Waals surface area contributed by atoms with Gasteiger partial charge in [-0.25, -0.2) is 13.6 Å². The summed E-state index contributed by atoms with van der Waals surface area (Å²) in [6.07, 6.45) is 1.80. The number of hydrogen-bond donors (Lipinski definition) is 1. The Bertz CT molecular complexity index is 847. The molecular formula is C19H17F2NO4. The van der Waals surface area contributed by atoms with Crippen LogP contribution in [0, 0.1) is 11.6 Å². The van der Waals surface area contributed by atoms with Crippen LogP contribution >= 0.6 is 0 Å². The van der Waals surface area contributed by atoms with Gasteiger partial charge in [0.1, 0.15) is 17.4 Å². The van der Waals surface area contributed by atoms with E-state index >= 15 is 0 Å². The number of hydrogen-bond acceptors (Lipinski definition) is 3. The molecule has 1 heterocycles. The van der Waals surface area contributed by atoms with Crippen molar-refractivity contribution < 1.29 is 28.2 Å². The van der Waals surface area contributed by atoms with E-state index in [-0.39, 0.29) is 22.8 Å². The van der Waals surface area contributed by atoms with E-state index in [4.69, 9.17) is 9.84 Å². The first-order chi connectivity index (χ1) is 12.5. The number of ether oxygens (including phenoxy) is 1. The Balaban J connectivity index is 1.92. The Morgan fingerprint density at radius 1 is 1.08 bits per heavy atom. The molecule has 26 heavy (non-hydrogen) atoms. The summed E-state index contributed by atoms with van der Waals surface area (Å²) in [4.78, 5) is 24.6. The quantitative estimate of drug-likeness (QED) is 0.887. The minimum atomic E-state index is -1.18. The monoisotopic (exact) mass is 361 g/mol. The predicted octanol–water partition coefficient (Wildman–Crippen LogP) is 3.33. The largest absolute Gasteiger partial charge is 0.481 e. The summed E-state index contributed by atoms with van der Waals surface area (Å²) in [6.45, 7) is 0.612. The van der Waals surface area contributed by atoms with Crippen molar-refractivity contribution in [1.29, 1.82) is 0 Å². The lowest BCUT2D eigenvalue weighted by molar-refractivity contribution is -0.139. The standard InChI is InChI=1S/C19H17F2NO4/c20-13-4-6-17(26-11-18(23)24)15(10-13)12-3-5-14(16(21)9-12)19(25)22-7-1-2-8-22/h3-6,9-10H,1-2,7-8,11H2,(H,23,24). The van der Waals surface area contributed by atoms with Gasteiger partial charge in [-0.3, -0.25) is 4.79 Å². The fourth-order valence-corrected chi connectivity index (χ4v) is 2.94. The molecule has 0 saturated carbocycles. The number of amides is 1. The van der Waals surface area contributed by atoms with Crippen LogP contribution in [0.5, 0.6) is 5.75 Å². The summed E-state index contributed by atoms with van der Waals surface area (Å²) in [5.74, 6) is -2.72. The molecule has 5 nitrogen and oxygen atoms in total. The number of likely N-dealkylation sites (tertiary alicyclic amines) is 1. The van der Waals surface area contributed by atoms with Crippen LogP contribution in [0.4, 0.5) is 8.78 Å². The van der Waals surface area contributed by atoms with E-state index < -0.39 is 24.2 Å². The molecule has 0 bridgehead atoms. The van der Waals surface area contributed by atoms with Gasteiger partial charge < -0.3 is 14.7 Å². The van der Waals surface area contributed by atoms with Crippen molar-refractivity contribution in [1.82, 2.24) is 4.90 Å². The Morgan fingerprint density at radius 2 is 1.81 bits per heavy atom. The van der Waals surface area contributed by atoms with E-state index in [9.17, 15) is 18.4 Å². The fourth-order valence-electron chi connectivity index (χ4n) is 2.94. The molecule has 1 fully saturated rings. The highest BCUT2D eigenvalue weighted by Crippen LogP contribution is 2.32. The van der Waals surface area contributed by atoms with E-state index in [1.807, 2.05) is 0 Å². The van der Waals surface area contributed by atoms with Crippen molar-refractivity contribution >= 4 is 11.9 Å². The lowest BCUT2D eigenvalue weighted by Gasteiger charge is -2.16. The number of benzene rings is 2. The normalized spacial score (nSPS) is 13.7. The highest BCUT2D eigenvalue weighted by Gasteiger charge is 2.22. The maximum absolute atomic E-state index is 14.5. The maximum Gasteiger partial charge on any atom is 0.341 e. The lowest BCUT2D eigenvalue weighted by atomic mass is 10.0. The highest BCUT2D eigenvalue weighted by molar-refractivity contribution is 5.95. The average molecular weight is 361 g/mol. The maximum atomic E-state index is 14.5. The molecule has 1 amide bonds. The van der Waals surface area contributed by atoms with Crippen molar-refractivity contribution in [3.63, 3.8) is 0 Å². The average Bonchev–Trinajstić information content (AvgIpc) is 3.14. The molecule has 0 spiro atoms. The van der Waals surface area contributed by atoms with E-state index in [1.165, 1.54) is 18.2 Å². The number of nitrogens with zero attached hydrogens (tertiary/aromatic N) is 1. The van der Waals surface area contributed by atoms with Crippen LogP contribution in [0.3, 0.4) is 0 Å². The number of carboxylic acids is 1. The molecule has 136 valence electrons. The summed E-state index contributed by atoms with van der Waals surface area (Å²) in [5, 5.41) is 8.74. The van der Waals surface area contributed by atoms with Crippen LogP contribution in [0.25, 0.3) is 11.1 Å². The highest BCUT2D eigenvalue weighted by atomic mass is 19.1. The molecule has 1 N–H and O–H groups in total. The molecule has 0 unspecified atom stereocenters. The molecule has 2 aromatic carbocycles. The van der Waals surface area contributed by atoms with Crippen molar-refractivity contribution in [2.75, 3.05) is 19.7 Å². The van der Waals surface area contributed by atoms with Gasteiger partial charge in [0.25, 0.3) is 5.91 Å². The van der Waals surface area contributed by atoms with Gasteiger partial charge in [-0.05, 0) is 48.7 Å². The lowest BCUT2D eigenvalue weighted by Crippen LogP contribution is -2.28. The van der Waals surface area contributed by atoms with Crippen LogP contribution in [0.15, 0.2) is 36.4 Å². The van der Waals surface area contributed by atoms with Gasteiger partial charge in [0.15, 0.2) is 6.61 Å². The second-order valence-electron chi connectivity index (χ2n) is 6.02. The fraction of sp³-hybridized carbons (Fsp3) is 0.263. The van der Waals surface area contributed by atoms with Crippen molar-refractivity contribution in [2.24, 2.45) is 0 Å². The summed E-state index contributed by atoms with van der Waals surface area (Å²) < 4.78 is 33.3. The summed E-state index contributed by atoms with van der Waals surface area (Å²) >= 11 is 0. The molecule has 2 aromatic rings. The Morgan fingerprint density at radius 3 is 2.46 bits per heavy atom. The molecule has 0 aliphatic carbocycles. The Hall–Kier alpha value is -2.96. The smallest absolute Gasteiger partial charge is 0.341 e. The van der Waals surface area contributed by atoms with Crippen LogP contribution in [0.2, 0.25) is 0 Å². The van der Waals surface area contributed by atoms with Crippen LogP contribution in [0.1, 0.15) is 23.2 Å². The van der Waals surface area contributed by atoms with Gasteiger partial charge in [0.05, 0.1) is 5.56 Å². The first kappa shape index (κ1) is 17.8. The van der Waals surface area contributed by atoms with Gasteiger partial charge in [-0.15, -0.1) is 0 Å². The summed E-state index contributed by atoms with van der Waals surface area (Å²) in [6, 6.07) is 7.53. The number of rotatable bonds is 5. The number of carboxylic acid groups (broad SMARTS) is 1. The molecule has 3 rings (SSSR count). The van der Waals surface area contributed by atoms with Gasteiger partial charge in [-0.2, -0.15) is 0 Å². The third-order valence-corrected chi connectivity index (χ3v) is 4.20. The topological polar surface area (TPSA) is 66.8 Å². The molecule has 0 atom stereocenters. The number of aliphatic carboxylic acids is 1. The van der Waals surface area contributed by atoms with Gasteiger partial charge in [-0.1, -0.05) is 6.07 Å². The van der Waals surface area contributed by atoms with Gasteiger partial charge >= 0.3 is 5.97 Å². The van der Waals surface area contributed by atoms with Crippen molar-refractivity contribution in [2.45, 2.75) is 12.8 Å². The second-order valence-corrected chi connectivity index (χ2v) is 6.02. The molecule has 1 aliphatic rings. The van der Waals surface area contributed by atoms with Crippen LogP contribution < -0.4 is 4.74 Å². The van der Waals surface area contributed by atoms with E-state index in [1.54, 1.807) is 4.90 Å². The van der Waals surface area contributed by atoms with E-state index in [0.29, 0.717) is 18.7 Å². The van der Waals surface area contributed by atoms with Crippen LogP contribution in [-0.4, -0.2) is 41.6 Å². The first-order valence-corrected chi connectivity index (χ1v) is 8.19. The zero-order valence-corrected chi connectivity index (χ0v) is 13.9. The molecule has 1 saturated heterocycles. The molecule has 7 heteroatoms. The van der Waals surface area contributed by atoms with Crippen LogP contribution in [-0.2, 0) is 4.79 Å². The number of carbonyl (C=O) groups is 2. The number of halogens is 2. The minimum Gasteiger partial charge on any atom is -0.481 e. The van der Waals surface area contributed by atoms with Crippen molar-refractivity contribution in [3.8, 4) is 16.9 Å². The third-order valence-electron chi connectivity index (χ3n) is 4.20. The molecule has 0 radical (unpaired) electrons. The van der Waals surface area contributed by atoms with E-state index in [2.05, 4.69) is 0 Å². The van der Waals surface area contributed by atoms with Gasteiger partial charge in [0.2, 0.25) is 0 Å². The molecular weight excluding hydrogens is 344 g/mol. The number of carbonyl (C=O) groups excluding carboxylic acids is 1. The third kappa shape index (κ3) is 3.82. The van der Waals surface area contributed by atoms with Crippen molar-refractivity contribution in [3.05, 3.63) is 53.6 Å². The Kier molecular flexibility index (Phi) is 5.16. The predicted molar refractivity (Wildman–Crippen MR) is 90.1 cm³/mol. The zero-order chi connectivity index (χ0) is 18.7. The SMILES string of the molecule is O=C(O)COc1ccc(F)cc1-c1ccc(C(=O)N2CCCC2)c(F)c1. The van der Waals surface area contributed by atoms with Gasteiger partial charge in [0, 0.05) is 18.7 Å². The first-order valence-electron chi connectivity index (χ1n) is 8.19.